The molecule has 1 aromatic heterocycles. The zero-order chi connectivity index (χ0) is 9.97. The van der Waals surface area contributed by atoms with Crippen LogP contribution in [-0.2, 0) is 4.79 Å². The van der Waals surface area contributed by atoms with Crippen LogP contribution in [0, 0.1) is 0 Å². The van der Waals surface area contributed by atoms with Crippen molar-refractivity contribution in [3.8, 4) is 0 Å². The molecule has 0 saturated carbocycles. The summed E-state index contributed by atoms with van der Waals surface area (Å²) in [7, 11) is 0. The number of aromatic nitrogens is 2. The van der Waals surface area contributed by atoms with Gasteiger partial charge in [0.15, 0.2) is 5.82 Å². The standard InChI is InChI=1S/C8H11N5O/c9-6-3-10-4-12-8(6)13-5-1-7(14)11-2-5/h3-5H,1-2,9H2,(H,11,14)(H,10,12,13). The number of nitrogens with one attached hydrogen (secondary N) is 2. The summed E-state index contributed by atoms with van der Waals surface area (Å²) < 4.78 is 0. The minimum atomic E-state index is 0.0510. The average Bonchev–Trinajstić information content (AvgIpc) is 2.56. The van der Waals surface area contributed by atoms with Gasteiger partial charge in [-0.25, -0.2) is 9.97 Å². The molecule has 1 saturated heterocycles. The van der Waals surface area contributed by atoms with Crippen LogP contribution in [0.2, 0.25) is 0 Å². The molecule has 6 heteroatoms. The highest BCUT2D eigenvalue weighted by atomic mass is 16.1. The Kier molecular flexibility index (Phi) is 2.18. The van der Waals surface area contributed by atoms with Crippen LogP contribution in [0.5, 0.6) is 0 Å². The van der Waals surface area contributed by atoms with Gasteiger partial charge in [-0.05, 0) is 0 Å². The summed E-state index contributed by atoms with van der Waals surface area (Å²) in [5.74, 6) is 0.636. The number of hydrogen-bond donors (Lipinski definition) is 3. The van der Waals surface area contributed by atoms with Gasteiger partial charge in [-0.15, -0.1) is 0 Å². The monoisotopic (exact) mass is 193 g/mol. The van der Waals surface area contributed by atoms with E-state index < -0.39 is 0 Å². The molecule has 1 amide bonds. The molecule has 14 heavy (non-hydrogen) atoms. The second-order valence-corrected chi connectivity index (χ2v) is 3.18. The maximum absolute atomic E-state index is 10.9. The third kappa shape index (κ3) is 1.73. The van der Waals surface area contributed by atoms with Gasteiger partial charge in [0, 0.05) is 13.0 Å². The van der Waals surface area contributed by atoms with Crippen molar-refractivity contribution in [2.75, 3.05) is 17.6 Å². The largest absolute Gasteiger partial charge is 0.394 e. The molecule has 74 valence electrons. The Balaban J connectivity index is 2.04. The predicted molar refractivity (Wildman–Crippen MR) is 51.5 cm³/mol. The third-order valence-corrected chi connectivity index (χ3v) is 2.06. The van der Waals surface area contributed by atoms with Gasteiger partial charge in [-0.1, -0.05) is 0 Å². The summed E-state index contributed by atoms with van der Waals surface area (Å²) in [5.41, 5.74) is 6.13. The number of nitrogens with zero attached hydrogens (tertiary/aromatic N) is 2. The van der Waals surface area contributed by atoms with Crippen LogP contribution in [0.15, 0.2) is 12.5 Å². The van der Waals surface area contributed by atoms with Crippen molar-refractivity contribution >= 4 is 17.4 Å². The first-order valence-electron chi connectivity index (χ1n) is 4.34. The van der Waals surface area contributed by atoms with E-state index in [2.05, 4.69) is 20.6 Å². The highest BCUT2D eigenvalue weighted by molar-refractivity contribution is 5.80. The van der Waals surface area contributed by atoms with Crippen molar-refractivity contribution < 1.29 is 4.79 Å². The Morgan fingerprint density at radius 2 is 2.50 bits per heavy atom. The van der Waals surface area contributed by atoms with E-state index in [-0.39, 0.29) is 11.9 Å². The number of carbonyl (C=O) groups is 1. The maximum atomic E-state index is 10.9. The predicted octanol–water partition coefficient (Wildman–Crippen LogP) is -0.641. The fraction of sp³-hybridized carbons (Fsp3) is 0.375. The van der Waals surface area contributed by atoms with Gasteiger partial charge in [-0.3, -0.25) is 4.79 Å². The summed E-state index contributed by atoms with van der Waals surface area (Å²) in [5, 5.41) is 5.80. The van der Waals surface area contributed by atoms with Crippen molar-refractivity contribution in [2.24, 2.45) is 0 Å². The van der Waals surface area contributed by atoms with Gasteiger partial charge in [0.05, 0.1) is 17.9 Å². The molecule has 0 radical (unpaired) electrons. The third-order valence-electron chi connectivity index (χ3n) is 2.06. The first-order valence-corrected chi connectivity index (χ1v) is 4.34. The highest BCUT2D eigenvalue weighted by Crippen LogP contribution is 2.14. The molecular formula is C8H11N5O. The fourth-order valence-electron chi connectivity index (χ4n) is 1.36. The Morgan fingerprint density at radius 3 is 3.14 bits per heavy atom. The van der Waals surface area contributed by atoms with E-state index in [1.54, 1.807) is 0 Å². The highest BCUT2D eigenvalue weighted by Gasteiger charge is 2.21. The van der Waals surface area contributed by atoms with Crippen molar-refractivity contribution in [1.29, 1.82) is 0 Å². The quantitative estimate of drug-likeness (QED) is 0.581. The molecule has 0 aliphatic carbocycles. The molecule has 0 spiro atoms. The number of nitrogens with two attached hydrogens (primary N) is 1. The van der Waals surface area contributed by atoms with E-state index in [0.29, 0.717) is 24.5 Å². The topological polar surface area (TPSA) is 92.9 Å². The molecule has 1 unspecified atom stereocenters. The molecule has 1 atom stereocenters. The van der Waals surface area contributed by atoms with E-state index in [0.717, 1.165) is 0 Å². The summed E-state index contributed by atoms with van der Waals surface area (Å²) in [6, 6.07) is 0.0692. The number of nitrogen functional groups attached to an aromatic ring is 1. The van der Waals surface area contributed by atoms with E-state index in [9.17, 15) is 4.79 Å². The second kappa shape index (κ2) is 3.49. The van der Waals surface area contributed by atoms with Crippen molar-refractivity contribution in [3.63, 3.8) is 0 Å². The molecule has 2 heterocycles. The van der Waals surface area contributed by atoms with Gasteiger partial charge in [0.1, 0.15) is 6.33 Å². The number of hydrogen-bond acceptors (Lipinski definition) is 5. The van der Waals surface area contributed by atoms with Crippen LogP contribution in [0.3, 0.4) is 0 Å². The van der Waals surface area contributed by atoms with E-state index in [4.69, 9.17) is 5.73 Å². The summed E-state index contributed by atoms with van der Waals surface area (Å²) in [4.78, 5) is 18.7. The van der Waals surface area contributed by atoms with Crippen LogP contribution in [0.4, 0.5) is 11.5 Å². The summed E-state index contributed by atoms with van der Waals surface area (Å²) in [6.45, 7) is 0.613. The minimum Gasteiger partial charge on any atom is -0.394 e. The summed E-state index contributed by atoms with van der Waals surface area (Å²) in [6.07, 6.45) is 3.41. The SMILES string of the molecule is Nc1cncnc1NC1CNC(=O)C1. The number of amides is 1. The van der Waals surface area contributed by atoms with Gasteiger partial charge in [0.25, 0.3) is 0 Å². The van der Waals surface area contributed by atoms with Crippen molar-refractivity contribution in [2.45, 2.75) is 12.5 Å². The maximum Gasteiger partial charge on any atom is 0.222 e. The number of rotatable bonds is 2. The molecule has 2 rings (SSSR count). The Labute approximate surface area is 80.9 Å². The van der Waals surface area contributed by atoms with Crippen LogP contribution < -0.4 is 16.4 Å². The summed E-state index contributed by atoms with van der Waals surface area (Å²) >= 11 is 0. The lowest BCUT2D eigenvalue weighted by Crippen LogP contribution is -2.23. The lowest BCUT2D eigenvalue weighted by Gasteiger charge is -2.11. The first-order chi connectivity index (χ1) is 6.75. The molecule has 0 aromatic carbocycles. The van der Waals surface area contributed by atoms with Gasteiger partial charge < -0.3 is 16.4 Å². The number of carbonyl (C=O) groups excluding carboxylic acids is 1. The lowest BCUT2D eigenvalue weighted by molar-refractivity contribution is -0.119. The first kappa shape index (κ1) is 8.74. The van der Waals surface area contributed by atoms with Crippen LogP contribution >= 0.6 is 0 Å². The van der Waals surface area contributed by atoms with E-state index in [1.807, 2.05) is 0 Å². The van der Waals surface area contributed by atoms with E-state index >= 15 is 0 Å². The Bertz CT molecular complexity index is 353. The van der Waals surface area contributed by atoms with Gasteiger partial charge in [-0.2, -0.15) is 0 Å². The molecule has 6 nitrogen and oxygen atoms in total. The van der Waals surface area contributed by atoms with Gasteiger partial charge in [0.2, 0.25) is 5.91 Å². The molecular weight excluding hydrogens is 182 g/mol. The molecule has 0 bridgehead atoms. The molecule has 1 aromatic rings. The molecule has 1 aliphatic rings. The zero-order valence-corrected chi connectivity index (χ0v) is 7.53. The zero-order valence-electron chi connectivity index (χ0n) is 7.53. The van der Waals surface area contributed by atoms with Gasteiger partial charge >= 0.3 is 0 Å². The minimum absolute atomic E-state index is 0.0510. The Morgan fingerprint density at radius 1 is 1.64 bits per heavy atom. The number of anilines is 2. The smallest absolute Gasteiger partial charge is 0.222 e. The van der Waals surface area contributed by atoms with Crippen LogP contribution in [0.1, 0.15) is 6.42 Å². The average molecular weight is 193 g/mol. The van der Waals surface area contributed by atoms with E-state index in [1.165, 1.54) is 12.5 Å². The van der Waals surface area contributed by atoms with Crippen molar-refractivity contribution in [1.82, 2.24) is 15.3 Å². The molecule has 1 fully saturated rings. The fourth-order valence-corrected chi connectivity index (χ4v) is 1.36. The lowest BCUT2D eigenvalue weighted by atomic mass is 10.2. The Hall–Kier alpha value is -1.85. The van der Waals surface area contributed by atoms with Crippen LogP contribution in [-0.4, -0.2) is 28.5 Å². The van der Waals surface area contributed by atoms with Crippen molar-refractivity contribution in [3.05, 3.63) is 12.5 Å². The van der Waals surface area contributed by atoms with Crippen LogP contribution in [0.25, 0.3) is 0 Å². The second-order valence-electron chi connectivity index (χ2n) is 3.18. The molecule has 1 aliphatic heterocycles. The normalized spacial score (nSPS) is 20.6. The molecule has 4 N–H and O–H groups in total.